The Morgan fingerprint density at radius 3 is 2.23 bits per heavy atom. The van der Waals surface area contributed by atoms with E-state index in [0.29, 0.717) is 32.3 Å². The Labute approximate surface area is 184 Å². The number of benzene rings is 3. The standard InChI is InChI=1S/C25H20Cl2O3/c1-14-7-9-17(10-8-14)24-25(29-13-18-19(26)5-4-6-20(18)27)23(28)22-16(3)11-15(2)12-21(22)30-24/h4-12H,13H2,1-3H3. The molecule has 3 aromatic carbocycles. The Morgan fingerprint density at radius 2 is 1.57 bits per heavy atom. The minimum Gasteiger partial charge on any atom is -0.481 e. The number of fused-ring (bicyclic) bond motifs is 1. The summed E-state index contributed by atoms with van der Waals surface area (Å²) in [5, 5.41) is 1.48. The molecule has 152 valence electrons. The molecule has 0 saturated heterocycles. The maximum absolute atomic E-state index is 13.5. The molecule has 0 aliphatic heterocycles. The Bertz CT molecular complexity index is 1280. The Hall–Kier alpha value is -2.75. The molecule has 0 spiro atoms. The molecule has 4 rings (SSSR count). The zero-order chi connectivity index (χ0) is 21.4. The molecule has 0 atom stereocenters. The fraction of sp³-hybridized carbons (Fsp3) is 0.160. The first-order valence-electron chi connectivity index (χ1n) is 9.56. The molecule has 0 fully saturated rings. The number of ether oxygens (including phenoxy) is 1. The topological polar surface area (TPSA) is 39.4 Å². The zero-order valence-corrected chi connectivity index (χ0v) is 18.4. The molecule has 0 unspecified atom stereocenters. The van der Waals surface area contributed by atoms with Gasteiger partial charge in [0, 0.05) is 21.2 Å². The molecule has 0 aliphatic carbocycles. The van der Waals surface area contributed by atoms with Gasteiger partial charge in [-0.1, -0.05) is 65.2 Å². The molecule has 0 N–H and O–H groups in total. The number of hydrogen-bond acceptors (Lipinski definition) is 3. The van der Waals surface area contributed by atoms with E-state index in [9.17, 15) is 4.79 Å². The van der Waals surface area contributed by atoms with Crippen LogP contribution in [0.25, 0.3) is 22.3 Å². The van der Waals surface area contributed by atoms with Crippen molar-refractivity contribution in [3.05, 3.63) is 97.1 Å². The molecule has 0 saturated carbocycles. The van der Waals surface area contributed by atoms with Crippen LogP contribution in [0.1, 0.15) is 22.3 Å². The average molecular weight is 439 g/mol. The zero-order valence-electron chi connectivity index (χ0n) is 16.9. The summed E-state index contributed by atoms with van der Waals surface area (Å²) >= 11 is 12.6. The SMILES string of the molecule is Cc1ccc(-c2oc3cc(C)cc(C)c3c(=O)c2OCc2c(Cl)cccc2Cl)cc1. The van der Waals surface area contributed by atoms with Gasteiger partial charge < -0.3 is 9.15 Å². The van der Waals surface area contributed by atoms with Crippen molar-refractivity contribution in [3.8, 4) is 17.1 Å². The smallest absolute Gasteiger partial charge is 0.235 e. The lowest BCUT2D eigenvalue weighted by molar-refractivity contribution is 0.298. The molecule has 3 nitrogen and oxygen atoms in total. The molecule has 0 radical (unpaired) electrons. The highest BCUT2D eigenvalue weighted by atomic mass is 35.5. The summed E-state index contributed by atoms with van der Waals surface area (Å²) in [6.45, 7) is 5.93. The first-order chi connectivity index (χ1) is 14.3. The predicted octanol–water partition coefficient (Wildman–Crippen LogP) is 7.27. The second-order valence-electron chi connectivity index (χ2n) is 7.40. The van der Waals surface area contributed by atoms with Gasteiger partial charge in [0.2, 0.25) is 11.2 Å². The molecule has 5 heteroatoms. The van der Waals surface area contributed by atoms with Crippen molar-refractivity contribution in [2.24, 2.45) is 0 Å². The summed E-state index contributed by atoms with van der Waals surface area (Å²) in [5.74, 6) is 0.537. The predicted molar refractivity (Wildman–Crippen MR) is 123 cm³/mol. The Kier molecular flexibility index (Phi) is 5.59. The van der Waals surface area contributed by atoms with E-state index in [1.165, 1.54) is 0 Å². The van der Waals surface area contributed by atoms with E-state index >= 15 is 0 Å². The number of hydrogen-bond donors (Lipinski definition) is 0. The van der Waals surface area contributed by atoms with Gasteiger partial charge in [-0.15, -0.1) is 0 Å². The minimum atomic E-state index is -0.215. The van der Waals surface area contributed by atoms with E-state index in [1.54, 1.807) is 18.2 Å². The molecule has 0 aliphatic rings. The lowest BCUT2D eigenvalue weighted by Gasteiger charge is -2.14. The third-order valence-electron chi connectivity index (χ3n) is 5.03. The van der Waals surface area contributed by atoms with Gasteiger partial charge in [0.1, 0.15) is 12.2 Å². The number of aryl methyl sites for hydroxylation is 3. The lowest BCUT2D eigenvalue weighted by atomic mass is 10.0. The van der Waals surface area contributed by atoms with E-state index < -0.39 is 0 Å². The Balaban J connectivity index is 1.91. The van der Waals surface area contributed by atoms with Gasteiger partial charge in [0.05, 0.1) is 5.39 Å². The molecular weight excluding hydrogens is 419 g/mol. The van der Waals surface area contributed by atoms with Crippen LogP contribution in [0.5, 0.6) is 5.75 Å². The maximum Gasteiger partial charge on any atom is 0.235 e. The van der Waals surface area contributed by atoms with Crippen LogP contribution in [0.4, 0.5) is 0 Å². The van der Waals surface area contributed by atoms with Crippen LogP contribution in [0, 0.1) is 20.8 Å². The first-order valence-corrected chi connectivity index (χ1v) is 10.3. The van der Waals surface area contributed by atoms with Gasteiger partial charge in [-0.3, -0.25) is 4.79 Å². The van der Waals surface area contributed by atoms with Crippen LogP contribution < -0.4 is 10.2 Å². The van der Waals surface area contributed by atoms with E-state index in [0.717, 1.165) is 22.3 Å². The first kappa shape index (κ1) is 20.5. The summed E-state index contributed by atoms with van der Waals surface area (Å²) in [4.78, 5) is 13.5. The number of halogens is 2. The molecule has 1 aromatic heterocycles. The van der Waals surface area contributed by atoms with E-state index in [-0.39, 0.29) is 17.8 Å². The Morgan fingerprint density at radius 1 is 0.900 bits per heavy atom. The van der Waals surface area contributed by atoms with Crippen molar-refractivity contribution >= 4 is 34.2 Å². The fourth-order valence-corrected chi connectivity index (χ4v) is 4.02. The van der Waals surface area contributed by atoms with Gasteiger partial charge in [-0.2, -0.15) is 0 Å². The van der Waals surface area contributed by atoms with Crippen molar-refractivity contribution in [2.75, 3.05) is 0 Å². The van der Waals surface area contributed by atoms with Crippen molar-refractivity contribution in [1.29, 1.82) is 0 Å². The monoisotopic (exact) mass is 438 g/mol. The van der Waals surface area contributed by atoms with Gasteiger partial charge >= 0.3 is 0 Å². The van der Waals surface area contributed by atoms with Gasteiger partial charge in [0.15, 0.2) is 5.76 Å². The minimum absolute atomic E-state index is 0.0541. The van der Waals surface area contributed by atoms with E-state index in [4.69, 9.17) is 32.4 Å². The summed E-state index contributed by atoms with van der Waals surface area (Å²) in [5.41, 5.74) is 4.68. The average Bonchev–Trinajstić information content (AvgIpc) is 2.68. The maximum atomic E-state index is 13.5. The van der Waals surface area contributed by atoms with Crippen LogP contribution >= 0.6 is 23.2 Å². The largest absolute Gasteiger partial charge is 0.481 e. The van der Waals surface area contributed by atoms with Gasteiger partial charge in [-0.05, 0) is 50.1 Å². The van der Waals surface area contributed by atoms with Gasteiger partial charge in [0.25, 0.3) is 0 Å². The lowest BCUT2D eigenvalue weighted by Crippen LogP contribution is -2.12. The molecule has 0 bridgehead atoms. The van der Waals surface area contributed by atoms with Gasteiger partial charge in [-0.25, -0.2) is 0 Å². The van der Waals surface area contributed by atoms with Crippen LogP contribution in [0.3, 0.4) is 0 Å². The van der Waals surface area contributed by atoms with Crippen LogP contribution in [0.2, 0.25) is 10.0 Å². The third-order valence-corrected chi connectivity index (χ3v) is 5.74. The molecule has 0 amide bonds. The second kappa shape index (κ2) is 8.17. The third kappa shape index (κ3) is 3.83. The normalized spacial score (nSPS) is 11.1. The van der Waals surface area contributed by atoms with E-state index in [1.807, 2.05) is 57.2 Å². The molecule has 1 heterocycles. The van der Waals surface area contributed by atoms with Crippen molar-refractivity contribution < 1.29 is 9.15 Å². The molecule has 30 heavy (non-hydrogen) atoms. The molecular formula is C25H20Cl2O3. The summed E-state index contributed by atoms with van der Waals surface area (Å²) < 4.78 is 12.2. The van der Waals surface area contributed by atoms with Crippen molar-refractivity contribution in [1.82, 2.24) is 0 Å². The van der Waals surface area contributed by atoms with Crippen LogP contribution in [-0.2, 0) is 6.61 Å². The van der Waals surface area contributed by atoms with Crippen molar-refractivity contribution in [2.45, 2.75) is 27.4 Å². The van der Waals surface area contributed by atoms with Crippen molar-refractivity contribution in [3.63, 3.8) is 0 Å². The van der Waals surface area contributed by atoms with Crippen LogP contribution in [-0.4, -0.2) is 0 Å². The second-order valence-corrected chi connectivity index (χ2v) is 8.21. The highest BCUT2D eigenvalue weighted by Crippen LogP contribution is 2.34. The fourth-order valence-electron chi connectivity index (χ4n) is 3.51. The quantitative estimate of drug-likeness (QED) is 0.336. The number of rotatable bonds is 4. The van der Waals surface area contributed by atoms with E-state index in [2.05, 4.69) is 0 Å². The summed E-state index contributed by atoms with van der Waals surface area (Å²) in [7, 11) is 0. The highest BCUT2D eigenvalue weighted by Gasteiger charge is 2.20. The van der Waals surface area contributed by atoms with Crippen LogP contribution in [0.15, 0.2) is 63.8 Å². The summed E-state index contributed by atoms with van der Waals surface area (Å²) in [6, 6.07) is 16.8. The highest BCUT2D eigenvalue weighted by molar-refractivity contribution is 6.35. The summed E-state index contributed by atoms with van der Waals surface area (Å²) in [6.07, 6.45) is 0. The molecule has 4 aromatic rings.